The number of aromatic nitrogens is 1. The molecule has 0 unspecified atom stereocenters. The zero-order valence-corrected chi connectivity index (χ0v) is 17.8. The Balaban J connectivity index is 1.62. The Morgan fingerprint density at radius 1 is 1.23 bits per heavy atom. The highest BCUT2D eigenvalue weighted by Crippen LogP contribution is 2.23. The van der Waals surface area contributed by atoms with Crippen LogP contribution in [-0.2, 0) is 26.0 Å². The molecule has 9 nitrogen and oxygen atoms in total. The maximum absolute atomic E-state index is 12.8. The van der Waals surface area contributed by atoms with Gasteiger partial charge >= 0.3 is 5.97 Å². The third-order valence-electron chi connectivity index (χ3n) is 4.88. The number of piperidine rings is 1. The van der Waals surface area contributed by atoms with Crippen molar-refractivity contribution in [3.05, 3.63) is 41.3 Å². The predicted octanol–water partition coefficient (Wildman–Crippen LogP) is 2.52. The Hall–Kier alpha value is -2.72. The van der Waals surface area contributed by atoms with E-state index >= 15 is 0 Å². The number of nitrogens with one attached hydrogen (secondary N) is 1. The summed E-state index contributed by atoms with van der Waals surface area (Å²) < 4.78 is 37.1. The lowest BCUT2D eigenvalue weighted by molar-refractivity contribution is -0.119. The van der Waals surface area contributed by atoms with Crippen molar-refractivity contribution >= 4 is 27.6 Å². The second kappa shape index (κ2) is 9.40. The number of hydrogen-bond acceptors (Lipinski definition) is 7. The molecule has 1 aliphatic heterocycles. The number of ether oxygens (including phenoxy) is 1. The first-order valence-corrected chi connectivity index (χ1v) is 11.3. The van der Waals surface area contributed by atoms with Crippen molar-refractivity contribution in [3.8, 4) is 0 Å². The molecule has 162 valence electrons. The van der Waals surface area contributed by atoms with Crippen LogP contribution in [0.1, 0.15) is 48.0 Å². The zero-order chi connectivity index (χ0) is 21.7. The van der Waals surface area contributed by atoms with E-state index in [1.54, 1.807) is 19.1 Å². The van der Waals surface area contributed by atoms with Crippen molar-refractivity contribution in [3.63, 3.8) is 0 Å². The van der Waals surface area contributed by atoms with E-state index in [0.29, 0.717) is 36.7 Å². The molecular weight excluding hydrogens is 410 g/mol. The fraction of sp³-hybridized carbons (Fsp3) is 0.450. The van der Waals surface area contributed by atoms with Crippen molar-refractivity contribution in [2.24, 2.45) is 0 Å². The number of aryl methyl sites for hydroxylation is 2. The normalized spacial score (nSPS) is 15.0. The lowest BCUT2D eigenvalue weighted by Gasteiger charge is -2.26. The second-order valence-corrected chi connectivity index (χ2v) is 8.97. The van der Waals surface area contributed by atoms with Crippen LogP contribution < -0.4 is 5.32 Å². The summed E-state index contributed by atoms with van der Waals surface area (Å²) in [6, 6.07) is 6.05. The fourth-order valence-corrected chi connectivity index (χ4v) is 4.87. The number of nitrogens with zero attached hydrogens (tertiary/aromatic N) is 2. The molecule has 0 aliphatic carbocycles. The quantitative estimate of drug-likeness (QED) is 0.664. The van der Waals surface area contributed by atoms with Gasteiger partial charge in [0.2, 0.25) is 10.0 Å². The summed E-state index contributed by atoms with van der Waals surface area (Å²) in [5.74, 6) is -0.946. The highest BCUT2D eigenvalue weighted by molar-refractivity contribution is 7.89. The van der Waals surface area contributed by atoms with E-state index in [1.165, 1.54) is 16.4 Å². The third kappa shape index (κ3) is 4.88. The number of benzene rings is 1. The van der Waals surface area contributed by atoms with E-state index < -0.39 is 28.5 Å². The maximum Gasteiger partial charge on any atom is 0.344 e. The summed E-state index contributed by atoms with van der Waals surface area (Å²) in [6.07, 6.45) is 3.19. The van der Waals surface area contributed by atoms with Crippen LogP contribution in [0, 0.1) is 6.92 Å². The van der Waals surface area contributed by atoms with Gasteiger partial charge in [0, 0.05) is 18.8 Å². The van der Waals surface area contributed by atoms with Gasteiger partial charge in [-0.25, -0.2) is 13.2 Å². The molecule has 1 fully saturated rings. The molecule has 30 heavy (non-hydrogen) atoms. The summed E-state index contributed by atoms with van der Waals surface area (Å²) >= 11 is 0. The average molecular weight is 436 g/mol. The number of carbonyl (C=O) groups excluding carboxylic acids is 2. The van der Waals surface area contributed by atoms with Gasteiger partial charge in [-0.1, -0.05) is 24.6 Å². The van der Waals surface area contributed by atoms with Gasteiger partial charge in [-0.05, 0) is 44.4 Å². The van der Waals surface area contributed by atoms with Crippen LogP contribution in [0.3, 0.4) is 0 Å². The molecule has 0 radical (unpaired) electrons. The van der Waals surface area contributed by atoms with Crippen LogP contribution in [0.15, 0.2) is 33.7 Å². The summed E-state index contributed by atoms with van der Waals surface area (Å²) in [5.41, 5.74) is 0.998. The molecule has 0 bridgehead atoms. The summed E-state index contributed by atoms with van der Waals surface area (Å²) in [6.45, 7) is 3.90. The summed E-state index contributed by atoms with van der Waals surface area (Å²) in [7, 11) is -3.61. The lowest BCUT2D eigenvalue weighted by atomic mass is 10.1. The predicted molar refractivity (Wildman–Crippen MR) is 109 cm³/mol. The molecule has 1 aromatic carbocycles. The van der Waals surface area contributed by atoms with E-state index in [4.69, 9.17) is 9.26 Å². The van der Waals surface area contributed by atoms with E-state index in [0.717, 1.165) is 19.3 Å². The number of sulfonamides is 1. The number of carbonyl (C=O) groups is 2. The highest BCUT2D eigenvalue weighted by Gasteiger charge is 2.26. The second-order valence-electron chi connectivity index (χ2n) is 7.03. The minimum atomic E-state index is -3.61. The molecule has 1 N–H and O–H groups in total. The van der Waals surface area contributed by atoms with Gasteiger partial charge in [0.1, 0.15) is 11.3 Å². The van der Waals surface area contributed by atoms with Crippen LogP contribution in [-0.4, -0.2) is 49.5 Å². The Bertz CT molecular complexity index is 1020. The van der Waals surface area contributed by atoms with E-state index in [2.05, 4.69) is 10.5 Å². The van der Waals surface area contributed by atoms with Crippen LogP contribution in [0.5, 0.6) is 0 Å². The molecule has 1 amide bonds. The third-order valence-corrected chi connectivity index (χ3v) is 6.77. The first-order valence-electron chi connectivity index (χ1n) is 9.85. The molecular formula is C20H25N3O6S. The molecule has 3 rings (SSSR count). The zero-order valence-electron chi connectivity index (χ0n) is 17.0. The van der Waals surface area contributed by atoms with Crippen molar-refractivity contribution in [1.82, 2.24) is 9.46 Å². The minimum absolute atomic E-state index is 0.117. The molecule has 0 atom stereocenters. The number of hydrogen-bond donors (Lipinski definition) is 1. The van der Waals surface area contributed by atoms with Crippen LogP contribution >= 0.6 is 0 Å². The molecule has 0 saturated carbocycles. The van der Waals surface area contributed by atoms with Crippen molar-refractivity contribution in [2.45, 2.75) is 44.4 Å². The first kappa shape index (κ1) is 22.0. The Kier molecular flexibility index (Phi) is 6.88. The van der Waals surface area contributed by atoms with Crippen molar-refractivity contribution in [1.29, 1.82) is 0 Å². The average Bonchev–Trinajstić information content (AvgIpc) is 3.13. The molecule has 2 aromatic rings. The standard InChI is InChI=1S/C20H25N3O6S/c1-3-17-19(14(2)29-22-17)20(25)28-13-18(24)21-15-8-7-9-16(12-15)30(26,27)23-10-5-4-6-11-23/h7-9,12H,3-6,10-11,13H2,1-2H3,(H,21,24). The smallest absolute Gasteiger partial charge is 0.344 e. The SMILES string of the molecule is CCc1noc(C)c1C(=O)OCC(=O)Nc1cccc(S(=O)(=O)N2CCCCC2)c1. The maximum atomic E-state index is 12.8. The van der Waals surface area contributed by atoms with Gasteiger partial charge < -0.3 is 14.6 Å². The van der Waals surface area contributed by atoms with Crippen LogP contribution in [0.2, 0.25) is 0 Å². The molecule has 0 spiro atoms. The van der Waals surface area contributed by atoms with Gasteiger partial charge in [-0.2, -0.15) is 4.31 Å². The van der Waals surface area contributed by atoms with Gasteiger partial charge in [-0.15, -0.1) is 0 Å². The fourth-order valence-electron chi connectivity index (χ4n) is 3.31. The highest BCUT2D eigenvalue weighted by atomic mass is 32.2. The Labute approximate surface area is 175 Å². The number of amides is 1. The van der Waals surface area contributed by atoms with E-state index in [1.807, 2.05) is 6.92 Å². The largest absolute Gasteiger partial charge is 0.452 e. The summed E-state index contributed by atoms with van der Waals surface area (Å²) in [5, 5.41) is 6.35. The molecule has 1 aromatic heterocycles. The number of rotatable bonds is 7. The number of anilines is 1. The molecule has 10 heteroatoms. The van der Waals surface area contributed by atoms with Crippen LogP contribution in [0.25, 0.3) is 0 Å². The van der Waals surface area contributed by atoms with Gasteiger partial charge in [0.05, 0.1) is 10.6 Å². The Morgan fingerprint density at radius 3 is 2.67 bits per heavy atom. The minimum Gasteiger partial charge on any atom is -0.452 e. The lowest BCUT2D eigenvalue weighted by Crippen LogP contribution is -2.35. The summed E-state index contributed by atoms with van der Waals surface area (Å²) in [4.78, 5) is 24.6. The van der Waals surface area contributed by atoms with Gasteiger partial charge in [0.25, 0.3) is 5.91 Å². The molecule has 2 heterocycles. The van der Waals surface area contributed by atoms with E-state index in [-0.39, 0.29) is 10.5 Å². The monoisotopic (exact) mass is 435 g/mol. The van der Waals surface area contributed by atoms with Crippen LogP contribution in [0.4, 0.5) is 5.69 Å². The molecule has 1 saturated heterocycles. The van der Waals surface area contributed by atoms with E-state index in [9.17, 15) is 18.0 Å². The van der Waals surface area contributed by atoms with Crippen molar-refractivity contribution in [2.75, 3.05) is 25.0 Å². The number of esters is 1. The molecule has 1 aliphatic rings. The topological polar surface area (TPSA) is 119 Å². The first-order chi connectivity index (χ1) is 14.3. The Morgan fingerprint density at radius 2 is 1.97 bits per heavy atom. The van der Waals surface area contributed by atoms with Crippen molar-refractivity contribution < 1.29 is 27.3 Å². The van der Waals surface area contributed by atoms with Gasteiger partial charge in [-0.3, -0.25) is 4.79 Å². The van der Waals surface area contributed by atoms with Gasteiger partial charge in [0.15, 0.2) is 6.61 Å².